The van der Waals surface area contributed by atoms with Crippen molar-refractivity contribution in [3.8, 4) is 11.8 Å². The molecule has 1 atom stereocenters. The molecule has 0 saturated carbocycles. The molecule has 0 aromatic rings. The molecule has 0 heterocycles. The van der Waals surface area contributed by atoms with Crippen molar-refractivity contribution in [3.63, 3.8) is 0 Å². The van der Waals surface area contributed by atoms with Gasteiger partial charge in [-0.1, -0.05) is 12.3 Å². The first-order chi connectivity index (χ1) is 11.0. The van der Waals surface area contributed by atoms with E-state index in [2.05, 4.69) is 36.3 Å². The van der Waals surface area contributed by atoms with Crippen LogP contribution in [0, 0.1) is 11.8 Å². The fraction of sp³-hybridized carbons (Fsp3) is 0.833. The maximum Gasteiger partial charge on any atom is 0.246 e. The predicted molar refractivity (Wildman–Crippen MR) is 92.2 cm³/mol. The normalized spacial score (nSPS) is 18.5. The van der Waals surface area contributed by atoms with Gasteiger partial charge in [-0.05, 0) is 46.6 Å². The summed E-state index contributed by atoms with van der Waals surface area (Å²) in [4.78, 5) is 11.7. The molecule has 0 fully saturated rings. The number of ether oxygens (including phenoxy) is 2. The molecule has 0 spiro atoms. The number of amides is 1. The molecule has 0 saturated heterocycles. The number of hydrogen-bond acceptors (Lipinski definition) is 4. The molecule has 5 nitrogen and oxygen atoms in total. The van der Waals surface area contributed by atoms with Crippen molar-refractivity contribution in [2.45, 2.75) is 64.0 Å². The third-order valence-electron chi connectivity index (χ3n) is 4.06. The highest BCUT2D eigenvalue weighted by Gasteiger charge is 2.13. The third-order valence-corrected chi connectivity index (χ3v) is 4.06. The zero-order chi connectivity index (χ0) is 17.0. The van der Waals surface area contributed by atoms with Gasteiger partial charge in [0.25, 0.3) is 0 Å². The second-order valence-corrected chi connectivity index (χ2v) is 6.57. The molecule has 1 rings (SSSR count). The van der Waals surface area contributed by atoms with Crippen LogP contribution in [-0.4, -0.2) is 51.0 Å². The molecule has 1 aliphatic rings. The Morgan fingerprint density at radius 3 is 2.87 bits per heavy atom. The van der Waals surface area contributed by atoms with Crippen molar-refractivity contribution < 1.29 is 14.3 Å². The van der Waals surface area contributed by atoms with Crippen LogP contribution in [0.1, 0.15) is 52.4 Å². The highest BCUT2D eigenvalue weighted by Crippen LogP contribution is 2.10. The summed E-state index contributed by atoms with van der Waals surface area (Å²) in [6.07, 6.45) is 6.19. The molecule has 0 aromatic carbocycles. The molecule has 0 radical (unpaired) electrons. The number of carbonyl (C=O) groups excluding carboxylic acids is 1. The molecule has 0 aromatic heterocycles. The van der Waals surface area contributed by atoms with Crippen LogP contribution in [0.25, 0.3) is 0 Å². The van der Waals surface area contributed by atoms with E-state index < -0.39 is 0 Å². The summed E-state index contributed by atoms with van der Waals surface area (Å²) in [5, 5.41) is 6.04. The molecule has 2 N–H and O–H groups in total. The molecule has 132 valence electrons. The minimum Gasteiger partial charge on any atom is -0.380 e. The monoisotopic (exact) mass is 324 g/mol. The van der Waals surface area contributed by atoms with E-state index in [1.54, 1.807) is 0 Å². The Hall–Kier alpha value is -1.09. The summed E-state index contributed by atoms with van der Waals surface area (Å²) in [7, 11) is 1.95. The summed E-state index contributed by atoms with van der Waals surface area (Å²) < 4.78 is 11.1. The summed E-state index contributed by atoms with van der Waals surface area (Å²) >= 11 is 0. The fourth-order valence-electron chi connectivity index (χ4n) is 2.15. The van der Waals surface area contributed by atoms with Gasteiger partial charge < -0.3 is 20.1 Å². The van der Waals surface area contributed by atoms with Crippen molar-refractivity contribution in [2.75, 3.05) is 33.4 Å². The summed E-state index contributed by atoms with van der Waals surface area (Å²) in [6.45, 7) is 6.05. The topological polar surface area (TPSA) is 59.6 Å². The smallest absolute Gasteiger partial charge is 0.246 e. The van der Waals surface area contributed by atoms with Gasteiger partial charge in [-0.2, -0.15) is 0 Å². The van der Waals surface area contributed by atoms with Crippen molar-refractivity contribution in [3.05, 3.63) is 0 Å². The molecular weight excluding hydrogens is 292 g/mol. The molecule has 0 bridgehead atoms. The third kappa shape index (κ3) is 10.3. The Labute approximate surface area is 140 Å². The number of hydrogen-bond donors (Lipinski definition) is 2. The van der Waals surface area contributed by atoms with E-state index in [4.69, 9.17) is 9.47 Å². The van der Waals surface area contributed by atoms with Gasteiger partial charge >= 0.3 is 0 Å². The van der Waals surface area contributed by atoms with Crippen LogP contribution in [0.15, 0.2) is 0 Å². The van der Waals surface area contributed by atoms with E-state index in [0.717, 1.165) is 25.7 Å². The van der Waals surface area contributed by atoms with Crippen LogP contribution < -0.4 is 10.6 Å². The summed E-state index contributed by atoms with van der Waals surface area (Å²) in [5.41, 5.74) is 0.0791. The van der Waals surface area contributed by atoms with Crippen molar-refractivity contribution in [1.82, 2.24) is 10.6 Å². The lowest BCUT2D eigenvalue weighted by Crippen LogP contribution is -2.37. The van der Waals surface area contributed by atoms with E-state index >= 15 is 0 Å². The fourth-order valence-corrected chi connectivity index (χ4v) is 2.15. The molecular formula is C18H32N2O3. The first kappa shape index (κ1) is 20.0. The molecule has 1 unspecified atom stereocenters. The van der Waals surface area contributed by atoms with Crippen LogP contribution in [0.2, 0.25) is 0 Å². The number of rotatable bonds is 10. The zero-order valence-corrected chi connectivity index (χ0v) is 14.9. The average Bonchev–Trinajstić information content (AvgIpc) is 2.49. The van der Waals surface area contributed by atoms with E-state index in [-0.39, 0.29) is 24.2 Å². The molecule has 5 heteroatoms. The summed E-state index contributed by atoms with van der Waals surface area (Å²) in [6, 6.07) is 0. The maximum absolute atomic E-state index is 11.7. The molecule has 1 aliphatic carbocycles. The Morgan fingerprint density at radius 1 is 1.26 bits per heavy atom. The zero-order valence-electron chi connectivity index (χ0n) is 14.9. The SMILES string of the molecule is CNC(C)(C)CCOCCNC(=O)COC1C#CCCCCC1. The minimum atomic E-state index is -0.104. The van der Waals surface area contributed by atoms with Gasteiger partial charge in [0.2, 0.25) is 5.91 Å². The first-order valence-corrected chi connectivity index (χ1v) is 8.67. The van der Waals surface area contributed by atoms with Crippen LogP contribution in [0.4, 0.5) is 0 Å². The second kappa shape index (κ2) is 11.4. The Kier molecular flexibility index (Phi) is 9.93. The van der Waals surface area contributed by atoms with Gasteiger partial charge in [-0.15, -0.1) is 5.92 Å². The summed E-state index contributed by atoms with van der Waals surface area (Å²) in [5.74, 6) is 6.11. The van der Waals surface area contributed by atoms with E-state index in [0.29, 0.717) is 19.8 Å². The largest absolute Gasteiger partial charge is 0.380 e. The lowest BCUT2D eigenvalue weighted by atomic mass is 10.0. The van der Waals surface area contributed by atoms with Gasteiger partial charge in [0.15, 0.2) is 0 Å². The van der Waals surface area contributed by atoms with Crippen molar-refractivity contribution in [1.29, 1.82) is 0 Å². The van der Waals surface area contributed by atoms with Crippen LogP contribution in [-0.2, 0) is 14.3 Å². The van der Waals surface area contributed by atoms with Crippen LogP contribution >= 0.6 is 0 Å². The standard InChI is InChI=1S/C18H32N2O3/c1-18(2,19-3)11-13-22-14-12-20-17(21)15-23-16-9-7-5-4-6-8-10-16/h16,19H,4-7,9,11-15H2,1-3H3,(H,20,21). The van der Waals surface area contributed by atoms with Crippen LogP contribution in [0.3, 0.4) is 0 Å². The van der Waals surface area contributed by atoms with Gasteiger partial charge in [-0.25, -0.2) is 0 Å². The van der Waals surface area contributed by atoms with E-state index in [1.165, 1.54) is 12.8 Å². The molecule has 1 amide bonds. The maximum atomic E-state index is 11.7. The Bertz CT molecular complexity index is 399. The number of nitrogens with one attached hydrogen (secondary N) is 2. The highest BCUT2D eigenvalue weighted by molar-refractivity contribution is 5.77. The Morgan fingerprint density at radius 2 is 2.09 bits per heavy atom. The highest BCUT2D eigenvalue weighted by atomic mass is 16.5. The molecule has 0 aliphatic heterocycles. The van der Waals surface area contributed by atoms with Gasteiger partial charge in [0, 0.05) is 25.1 Å². The van der Waals surface area contributed by atoms with Crippen molar-refractivity contribution >= 4 is 5.91 Å². The van der Waals surface area contributed by atoms with Gasteiger partial charge in [-0.3, -0.25) is 4.79 Å². The van der Waals surface area contributed by atoms with E-state index in [1.807, 2.05) is 7.05 Å². The lowest BCUT2D eigenvalue weighted by molar-refractivity contribution is -0.127. The molecule has 23 heavy (non-hydrogen) atoms. The van der Waals surface area contributed by atoms with Gasteiger partial charge in [0.1, 0.15) is 12.7 Å². The lowest BCUT2D eigenvalue weighted by Gasteiger charge is -2.23. The quantitative estimate of drug-likeness (QED) is 0.476. The average molecular weight is 324 g/mol. The van der Waals surface area contributed by atoms with E-state index in [9.17, 15) is 4.79 Å². The minimum absolute atomic E-state index is 0.0755. The van der Waals surface area contributed by atoms with Crippen molar-refractivity contribution in [2.24, 2.45) is 0 Å². The van der Waals surface area contributed by atoms with Gasteiger partial charge in [0.05, 0.1) is 6.61 Å². The first-order valence-electron chi connectivity index (χ1n) is 8.67. The Balaban J connectivity index is 2.03. The van der Waals surface area contributed by atoms with Crippen LogP contribution in [0.5, 0.6) is 0 Å². The number of carbonyl (C=O) groups is 1. The predicted octanol–water partition coefficient (Wildman–Crippen LogP) is 1.86. The second-order valence-electron chi connectivity index (χ2n) is 6.57.